The van der Waals surface area contributed by atoms with E-state index in [1.165, 1.54) is 0 Å². The number of aliphatic hydroxyl groups is 4. The monoisotopic (exact) mass is 301 g/mol. The van der Waals surface area contributed by atoms with Crippen LogP contribution in [-0.4, -0.2) is 66.6 Å². The van der Waals surface area contributed by atoms with E-state index in [0.29, 0.717) is 0 Å². The van der Waals surface area contributed by atoms with E-state index in [9.17, 15) is 15.3 Å². The first-order chi connectivity index (χ1) is 10.1. The lowest BCUT2D eigenvalue weighted by Crippen LogP contribution is -2.38. The molecule has 0 aromatic carbocycles. The molecule has 1 aliphatic rings. The molecule has 2 rings (SSSR count). The Balaban J connectivity index is 2.03. The average Bonchev–Trinajstić information content (AvgIpc) is 3.04. The van der Waals surface area contributed by atoms with Gasteiger partial charge in [0.05, 0.1) is 24.9 Å². The largest absolute Gasteiger partial charge is 0.394 e. The normalized spacial score (nSPS) is 30.7. The lowest BCUT2D eigenvalue weighted by molar-refractivity contribution is -0.149. The molecular formula is C13H23N3O5. The smallest absolute Gasteiger partial charge is 0.181 e. The summed E-state index contributed by atoms with van der Waals surface area (Å²) in [5.41, 5.74) is 0.866. The maximum Gasteiger partial charge on any atom is 0.181 e. The summed E-state index contributed by atoms with van der Waals surface area (Å²) in [6, 6.07) is 0. The molecule has 120 valence electrons. The van der Waals surface area contributed by atoms with Crippen LogP contribution in [0, 0.1) is 5.92 Å². The first-order valence-electron chi connectivity index (χ1n) is 7.26. The fourth-order valence-corrected chi connectivity index (χ4v) is 2.56. The molecule has 8 heteroatoms. The van der Waals surface area contributed by atoms with Crippen molar-refractivity contribution >= 4 is 0 Å². The minimum atomic E-state index is -1.37. The Kier molecular flexibility index (Phi) is 5.65. The molecule has 0 unspecified atom stereocenters. The van der Waals surface area contributed by atoms with Crippen LogP contribution in [0.25, 0.3) is 0 Å². The van der Waals surface area contributed by atoms with Crippen molar-refractivity contribution in [2.24, 2.45) is 5.92 Å². The van der Waals surface area contributed by atoms with Crippen molar-refractivity contribution in [1.29, 1.82) is 0 Å². The number of aromatic nitrogens is 3. The van der Waals surface area contributed by atoms with Crippen LogP contribution in [0.4, 0.5) is 0 Å². The summed E-state index contributed by atoms with van der Waals surface area (Å²) < 4.78 is 6.68. The lowest BCUT2D eigenvalue weighted by Gasteiger charge is -2.22. The average molecular weight is 301 g/mol. The van der Waals surface area contributed by atoms with Crippen molar-refractivity contribution in [2.45, 2.75) is 57.3 Å². The number of hydrogen-bond donors (Lipinski definition) is 4. The summed E-state index contributed by atoms with van der Waals surface area (Å²) in [5, 5.41) is 46.3. The fourth-order valence-electron chi connectivity index (χ4n) is 2.56. The molecule has 0 aliphatic carbocycles. The van der Waals surface area contributed by atoms with Crippen LogP contribution in [0.3, 0.4) is 0 Å². The third-order valence-electron chi connectivity index (χ3n) is 3.79. The lowest BCUT2D eigenvalue weighted by atomic mass is 9.95. The molecule has 0 amide bonds. The molecule has 5 atom stereocenters. The van der Waals surface area contributed by atoms with Crippen LogP contribution < -0.4 is 0 Å². The highest BCUT2D eigenvalue weighted by Crippen LogP contribution is 2.29. The Bertz CT molecular complexity index is 441. The van der Waals surface area contributed by atoms with E-state index in [-0.39, 0.29) is 6.54 Å². The number of unbranched alkanes of at least 4 members (excludes halogenated alkanes) is 1. The van der Waals surface area contributed by atoms with Gasteiger partial charge in [-0.3, -0.25) is 4.68 Å². The molecule has 4 N–H and O–H groups in total. The Hall–Kier alpha value is -1.06. The predicted octanol–water partition coefficient (Wildman–Crippen LogP) is -1.33. The number of hydrogen-bond acceptors (Lipinski definition) is 7. The molecule has 2 heterocycles. The van der Waals surface area contributed by atoms with Gasteiger partial charge in [-0.05, 0) is 12.8 Å². The van der Waals surface area contributed by atoms with E-state index >= 15 is 0 Å². The molecule has 8 nitrogen and oxygen atoms in total. The summed E-state index contributed by atoms with van der Waals surface area (Å²) in [4.78, 5) is 0. The number of aryl methyl sites for hydroxylation is 1. The van der Waals surface area contributed by atoms with Crippen molar-refractivity contribution < 1.29 is 25.2 Å². The minimum absolute atomic E-state index is 0.249. The third kappa shape index (κ3) is 3.78. The Labute approximate surface area is 123 Å². The first-order valence-corrected chi connectivity index (χ1v) is 7.26. The highest BCUT2D eigenvalue weighted by molar-refractivity contribution is 4.95. The van der Waals surface area contributed by atoms with E-state index in [2.05, 4.69) is 17.2 Å². The maximum absolute atomic E-state index is 9.95. The predicted molar refractivity (Wildman–Crippen MR) is 72.1 cm³/mol. The van der Waals surface area contributed by atoms with Gasteiger partial charge in [-0.2, -0.15) is 0 Å². The van der Waals surface area contributed by atoms with Gasteiger partial charge in [-0.15, -0.1) is 5.10 Å². The SMILES string of the molecule is CCCCc1cn(C[C@H]2[C@@H](O)[C@H](O)O[C@@H]2[C@H](O)CO)nn1. The van der Waals surface area contributed by atoms with Crippen LogP contribution in [0.5, 0.6) is 0 Å². The number of ether oxygens (including phenoxy) is 1. The van der Waals surface area contributed by atoms with Gasteiger partial charge in [0.1, 0.15) is 12.2 Å². The van der Waals surface area contributed by atoms with Crippen molar-refractivity contribution in [1.82, 2.24) is 15.0 Å². The second-order valence-electron chi connectivity index (χ2n) is 5.43. The van der Waals surface area contributed by atoms with E-state index in [4.69, 9.17) is 9.84 Å². The standard InChI is InChI=1S/C13H23N3O5/c1-2-3-4-8-5-16(15-14-8)6-9-11(19)13(20)21-12(9)10(18)7-17/h5,9-13,17-20H,2-4,6-7H2,1H3/t9-,10+,11+,12-,13+/m0/s1. The molecule has 0 spiro atoms. The van der Waals surface area contributed by atoms with Gasteiger partial charge in [0.15, 0.2) is 6.29 Å². The molecule has 0 radical (unpaired) electrons. The third-order valence-corrected chi connectivity index (χ3v) is 3.79. The molecule has 21 heavy (non-hydrogen) atoms. The van der Waals surface area contributed by atoms with Crippen LogP contribution in [0.2, 0.25) is 0 Å². The zero-order valence-electron chi connectivity index (χ0n) is 12.0. The molecular weight excluding hydrogens is 278 g/mol. The maximum atomic E-state index is 9.95. The number of rotatable bonds is 7. The van der Waals surface area contributed by atoms with Gasteiger partial charge < -0.3 is 25.2 Å². The molecule has 1 aromatic heterocycles. The van der Waals surface area contributed by atoms with Gasteiger partial charge in [0.25, 0.3) is 0 Å². The van der Waals surface area contributed by atoms with E-state index in [1.54, 1.807) is 10.9 Å². The Morgan fingerprint density at radius 1 is 1.43 bits per heavy atom. The topological polar surface area (TPSA) is 121 Å². The van der Waals surface area contributed by atoms with E-state index in [1.807, 2.05) is 0 Å². The summed E-state index contributed by atoms with van der Waals surface area (Å²) in [5.74, 6) is -0.567. The van der Waals surface area contributed by atoms with Gasteiger partial charge >= 0.3 is 0 Å². The zero-order chi connectivity index (χ0) is 15.4. The second-order valence-corrected chi connectivity index (χ2v) is 5.43. The highest BCUT2D eigenvalue weighted by atomic mass is 16.6. The van der Waals surface area contributed by atoms with Crippen LogP contribution in [-0.2, 0) is 17.7 Å². The molecule has 1 fully saturated rings. The Morgan fingerprint density at radius 3 is 2.86 bits per heavy atom. The number of nitrogens with zero attached hydrogens (tertiary/aromatic N) is 3. The van der Waals surface area contributed by atoms with Crippen LogP contribution >= 0.6 is 0 Å². The quantitative estimate of drug-likeness (QED) is 0.492. The molecule has 1 aliphatic heterocycles. The zero-order valence-corrected chi connectivity index (χ0v) is 12.0. The summed E-state index contributed by atoms with van der Waals surface area (Å²) >= 11 is 0. The molecule has 1 aromatic rings. The fraction of sp³-hybridized carbons (Fsp3) is 0.846. The van der Waals surface area contributed by atoms with Crippen molar-refractivity contribution in [3.8, 4) is 0 Å². The summed E-state index contributed by atoms with van der Waals surface area (Å²) in [6.45, 7) is 1.84. The highest BCUT2D eigenvalue weighted by Gasteiger charge is 2.46. The minimum Gasteiger partial charge on any atom is -0.394 e. The summed E-state index contributed by atoms with van der Waals surface area (Å²) in [7, 11) is 0. The molecule has 0 bridgehead atoms. The van der Waals surface area contributed by atoms with Crippen LogP contribution in [0.1, 0.15) is 25.5 Å². The first kappa shape index (κ1) is 16.3. The second kappa shape index (κ2) is 7.28. The Morgan fingerprint density at radius 2 is 2.19 bits per heavy atom. The number of aliphatic hydroxyl groups excluding tert-OH is 4. The van der Waals surface area contributed by atoms with E-state index in [0.717, 1.165) is 25.0 Å². The van der Waals surface area contributed by atoms with Gasteiger partial charge in [-0.1, -0.05) is 18.6 Å². The molecule has 1 saturated heterocycles. The van der Waals surface area contributed by atoms with Gasteiger partial charge in [0.2, 0.25) is 0 Å². The van der Waals surface area contributed by atoms with Crippen molar-refractivity contribution in [2.75, 3.05) is 6.61 Å². The van der Waals surface area contributed by atoms with Crippen molar-refractivity contribution in [3.05, 3.63) is 11.9 Å². The summed E-state index contributed by atoms with van der Waals surface area (Å²) in [6.07, 6.45) is 0.204. The molecule has 0 saturated carbocycles. The van der Waals surface area contributed by atoms with E-state index < -0.39 is 37.1 Å². The van der Waals surface area contributed by atoms with Gasteiger partial charge in [0, 0.05) is 12.1 Å². The van der Waals surface area contributed by atoms with Crippen molar-refractivity contribution in [3.63, 3.8) is 0 Å². The van der Waals surface area contributed by atoms with Gasteiger partial charge in [-0.25, -0.2) is 0 Å². The van der Waals surface area contributed by atoms with Crippen LogP contribution in [0.15, 0.2) is 6.20 Å².